The highest BCUT2D eigenvalue weighted by molar-refractivity contribution is 7.99. The summed E-state index contributed by atoms with van der Waals surface area (Å²) in [5, 5.41) is 9.11. The van der Waals surface area contributed by atoms with Crippen LogP contribution in [-0.2, 0) is 10.5 Å². The molecule has 0 saturated carbocycles. The minimum atomic E-state index is -0.208. The average molecular weight is 294 g/mol. The molecule has 2 rings (SSSR count). The molecule has 1 aliphatic rings. The summed E-state index contributed by atoms with van der Waals surface area (Å²) in [6.45, 7) is 2.91. The molecule has 1 saturated heterocycles. The van der Waals surface area contributed by atoms with Crippen molar-refractivity contribution in [3.63, 3.8) is 0 Å². The molecule has 0 aliphatic carbocycles. The monoisotopic (exact) mass is 294 g/mol. The molecule has 0 spiro atoms. The Balaban J connectivity index is 1.94. The van der Waals surface area contributed by atoms with Crippen LogP contribution in [0.3, 0.4) is 0 Å². The lowest BCUT2D eigenvalue weighted by Crippen LogP contribution is -2.13. The zero-order valence-corrected chi connectivity index (χ0v) is 12.4. The summed E-state index contributed by atoms with van der Waals surface area (Å²) in [5.41, 5.74) is 1.36. The number of ether oxygens (including phenoxy) is 1. The fraction of sp³-hybridized carbons (Fsp3) is 0.500. The van der Waals surface area contributed by atoms with E-state index in [0.717, 1.165) is 13.0 Å². The molecule has 1 aromatic carbocycles. The number of rotatable bonds is 4. The highest BCUT2D eigenvalue weighted by atomic mass is 32.2. The van der Waals surface area contributed by atoms with Crippen LogP contribution in [0.25, 0.3) is 0 Å². The van der Waals surface area contributed by atoms with Gasteiger partial charge in [-0.2, -0.15) is 11.8 Å². The van der Waals surface area contributed by atoms with Crippen LogP contribution >= 0.6 is 11.8 Å². The van der Waals surface area contributed by atoms with Gasteiger partial charge in [0.05, 0.1) is 12.7 Å². The molecule has 20 heavy (non-hydrogen) atoms. The number of aliphatic hydroxyl groups excluding tert-OH is 1. The molecule has 0 amide bonds. The van der Waals surface area contributed by atoms with Crippen molar-refractivity contribution in [1.29, 1.82) is 0 Å². The highest BCUT2D eigenvalue weighted by Crippen LogP contribution is 2.29. The van der Waals surface area contributed by atoms with Gasteiger partial charge in [-0.25, -0.2) is 4.39 Å². The maximum absolute atomic E-state index is 14.0. The molecule has 2 atom stereocenters. The van der Waals surface area contributed by atoms with E-state index >= 15 is 0 Å². The number of hydrogen-bond acceptors (Lipinski definition) is 3. The van der Waals surface area contributed by atoms with Crippen LogP contribution in [0, 0.1) is 17.7 Å². The molecule has 1 aromatic rings. The first-order valence-corrected chi connectivity index (χ1v) is 7.87. The standard InChI is InChI=1S/C16H19FO2S/c1-12-16(7-9-19-12)20-11-14-6-5-13(10-15(14)17)4-2-3-8-18/h5-6,10,12,16,18H,3,7-9,11H2,1H3. The summed E-state index contributed by atoms with van der Waals surface area (Å²) in [6.07, 6.45) is 1.71. The van der Waals surface area contributed by atoms with E-state index in [0.29, 0.717) is 28.6 Å². The molecular formula is C16H19FO2S. The first-order chi connectivity index (χ1) is 9.70. The first kappa shape index (κ1) is 15.4. The van der Waals surface area contributed by atoms with E-state index in [1.54, 1.807) is 17.8 Å². The smallest absolute Gasteiger partial charge is 0.128 e. The quantitative estimate of drug-likeness (QED) is 0.866. The Morgan fingerprint density at radius 2 is 2.35 bits per heavy atom. The van der Waals surface area contributed by atoms with E-state index in [-0.39, 0.29) is 18.5 Å². The SMILES string of the molecule is CC1OCCC1SCc1ccc(C#CCCO)cc1F. The fourth-order valence-corrected chi connectivity index (χ4v) is 3.33. The molecule has 2 nitrogen and oxygen atoms in total. The van der Waals surface area contributed by atoms with Crippen LogP contribution < -0.4 is 0 Å². The molecule has 1 heterocycles. The molecule has 108 valence electrons. The second-order valence-electron chi connectivity index (χ2n) is 4.80. The van der Waals surface area contributed by atoms with Crippen LogP contribution in [0.4, 0.5) is 4.39 Å². The van der Waals surface area contributed by atoms with E-state index in [4.69, 9.17) is 9.84 Å². The van der Waals surface area contributed by atoms with Gasteiger partial charge in [0.2, 0.25) is 0 Å². The van der Waals surface area contributed by atoms with Crippen molar-refractivity contribution in [2.45, 2.75) is 36.9 Å². The summed E-state index contributed by atoms with van der Waals surface area (Å²) >= 11 is 1.75. The molecule has 2 unspecified atom stereocenters. The van der Waals surface area contributed by atoms with Crippen LogP contribution in [0.15, 0.2) is 18.2 Å². The third kappa shape index (κ3) is 4.24. The van der Waals surface area contributed by atoms with Gasteiger partial charge in [-0.1, -0.05) is 17.9 Å². The van der Waals surface area contributed by atoms with Gasteiger partial charge in [-0.3, -0.25) is 0 Å². The first-order valence-electron chi connectivity index (χ1n) is 6.82. The van der Waals surface area contributed by atoms with Crippen molar-refractivity contribution < 1.29 is 14.2 Å². The minimum absolute atomic E-state index is 0.0336. The van der Waals surface area contributed by atoms with E-state index in [2.05, 4.69) is 18.8 Å². The van der Waals surface area contributed by atoms with Crippen LogP contribution in [0.1, 0.15) is 30.9 Å². The summed E-state index contributed by atoms with van der Waals surface area (Å²) < 4.78 is 19.5. The summed E-state index contributed by atoms with van der Waals surface area (Å²) in [5.74, 6) is 6.09. The van der Waals surface area contributed by atoms with Crippen molar-refractivity contribution in [2.24, 2.45) is 0 Å². The van der Waals surface area contributed by atoms with Gasteiger partial charge in [0, 0.05) is 29.6 Å². The van der Waals surface area contributed by atoms with Crippen molar-refractivity contribution in [3.8, 4) is 11.8 Å². The Labute approximate surface area is 123 Å². The van der Waals surface area contributed by atoms with Gasteiger partial charge < -0.3 is 9.84 Å². The van der Waals surface area contributed by atoms with Gasteiger partial charge >= 0.3 is 0 Å². The Morgan fingerprint density at radius 1 is 1.50 bits per heavy atom. The lowest BCUT2D eigenvalue weighted by Gasteiger charge is -2.13. The topological polar surface area (TPSA) is 29.5 Å². The predicted molar refractivity (Wildman–Crippen MR) is 80.1 cm³/mol. The molecular weight excluding hydrogens is 275 g/mol. The lowest BCUT2D eigenvalue weighted by atomic mass is 10.1. The minimum Gasteiger partial charge on any atom is -0.395 e. The summed E-state index contributed by atoms with van der Waals surface area (Å²) in [4.78, 5) is 0. The van der Waals surface area contributed by atoms with Crippen molar-refractivity contribution >= 4 is 11.8 Å². The van der Waals surface area contributed by atoms with Crippen LogP contribution in [-0.4, -0.2) is 29.7 Å². The maximum atomic E-state index is 14.0. The molecule has 1 N–H and O–H groups in total. The Kier molecular flexibility index (Phi) is 5.90. The van der Waals surface area contributed by atoms with Gasteiger partial charge in [0.1, 0.15) is 5.82 Å². The predicted octanol–water partition coefficient (Wildman–Crippen LogP) is 2.97. The molecule has 0 aromatic heterocycles. The van der Waals surface area contributed by atoms with Crippen LogP contribution in [0.2, 0.25) is 0 Å². The average Bonchev–Trinajstić information content (AvgIpc) is 2.84. The van der Waals surface area contributed by atoms with E-state index < -0.39 is 0 Å². The highest BCUT2D eigenvalue weighted by Gasteiger charge is 2.24. The number of thioether (sulfide) groups is 1. The van der Waals surface area contributed by atoms with Gasteiger partial charge in [-0.05, 0) is 31.0 Å². The van der Waals surface area contributed by atoms with E-state index in [9.17, 15) is 4.39 Å². The van der Waals surface area contributed by atoms with Gasteiger partial charge in [-0.15, -0.1) is 0 Å². The maximum Gasteiger partial charge on any atom is 0.128 e. The number of halogens is 1. The van der Waals surface area contributed by atoms with Gasteiger partial charge in [0.25, 0.3) is 0 Å². The van der Waals surface area contributed by atoms with Crippen molar-refractivity contribution in [3.05, 3.63) is 35.1 Å². The normalized spacial score (nSPS) is 21.6. The Morgan fingerprint density at radius 3 is 3.00 bits per heavy atom. The molecule has 4 heteroatoms. The van der Waals surface area contributed by atoms with E-state index in [1.807, 2.05) is 6.07 Å². The second kappa shape index (κ2) is 7.68. The third-order valence-electron chi connectivity index (χ3n) is 3.28. The zero-order valence-electron chi connectivity index (χ0n) is 11.6. The molecule has 0 radical (unpaired) electrons. The third-order valence-corrected chi connectivity index (χ3v) is 4.81. The van der Waals surface area contributed by atoms with Crippen LogP contribution in [0.5, 0.6) is 0 Å². The number of aliphatic hydroxyl groups is 1. The number of benzene rings is 1. The zero-order chi connectivity index (χ0) is 14.4. The van der Waals surface area contributed by atoms with Gasteiger partial charge in [0.15, 0.2) is 0 Å². The summed E-state index contributed by atoms with van der Waals surface area (Å²) in [6, 6.07) is 5.10. The second-order valence-corrected chi connectivity index (χ2v) is 6.02. The lowest BCUT2D eigenvalue weighted by molar-refractivity contribution is 0.127. The Bertz CT molecular complexity index is 507. The van der Waals surface area contributed by atoms with Crippen molar-refractivity contribution in [1.82, 2.24) is 0 Å². The number of hydrogen-bond donors (Lipinski definition) is 1. The van der Waals surface area contributed by atoms with E-state index in [1.165, 1.54) is 6.07 Å². The molecule has 1 aliphatic heterocycles. The largest absolute Gasteiger partial charge is 0.395 e. The Hall–Kier alpha value is -1.02. The summed E-state index contributed by atoms with van der Waals surface area (Å²) in [7, 11) is 0. The fourth-order valence-electron chi connectivity index (χ4n) is 2.09. The molecule has 1 fully saturated rings. The molecule has 0 bridgehead atoms. The van der Waals surface area contributed by atoms with Crippen molar-refractivity contribution in [2.75, 3.05) is 13.2 Å².